The molecule has 0 bridgehead atoms. The highest BCUT2D eigenvalue weighted by atomic mass is 16.5. The molecule has 0 aliphatic carbocycles. The van der Waals surface area contributed by atoms with Gasteiger partial charge in [0.1, 0.15) is 6.10 Å². The molecule has 148 valence electrons. The molecule has 0 aliphatic rings. The normalized spacial score (nSPS) is 12.1. The number of ether oxygens (including phenoxy) is 1. The zero-order valence-corrected chi connectivity index (χ0v) is 16.6. The highest BCUT2D eigenvalue weighted by molar-refractivity contribution is 5.69. The number of carboxylic acids is 1. The summed E-state index contributed by atoms with van der Waals surface area (Å²) < 4.78 is 5.66. The van der Waals surface area contributed by atoms with Crippen molar-refractivity contribution in [2.24, 2.45) is 0 Å². The number of unbranched alkanes of at least 4 members (excludes halogenated alkanes) is 9. The van der Waals surface area contributed by atoms with Crippen LogP contribution in [0.15, 0.2) is 0 Å². The molecule has 0 aromatic heterocycles. The Balaban J connectivity index is 3.88. The van der Waals surface area contributed by atoms with E-state index in [1.165, 1.54) is 32.1 Å². The second-order valence-electron chi connectivity index (χ2n) is 7.12. The van der Waals surface area contributed by atoms with Crippen molar-refractivity contribution >= 4 is 11.9 Å². The third-order valence-corrected chi connectivity index (χ3v) is 4.55. The van der Waals surface area contributed by atoms with Crippen LogP contribution in [0.5, 0.6) is 0 Å². The Bertz CT molecular complexity index is 328. The number of hydrogen-bond acceptors (Lipinski definition) is 3. The molecular formula is C21H40O4. The van der Waals surface area contributed by atoms with Crippen molar-refractivity contribution in [2.75, 3.05) is 0 Å². The fraction of sp³-hybridized carbons (Fsp3) is 0.905. The van der Waals surface area contributed by atoms with Crippen LogP contribution in [0.2, 0.25) is 0 Å². The van der Waals surface area contributed by atoms with Crippen molar-refractivity contribution < 1.29 is 19.4 Å². The standard InChI is InChI=1S/C21H40O4/c1-3-5-6-7-9-12-16-19(25-21(24)15-4-2)17-13-10-8-11-14-18-20(22)23/h19H,3-18H2,1-2H3,(H,22,23). The first-order valence-electron chi connectivity index (χ1n) is 10.5. The summed E-state index contributed by atoms with van der Waals surface area (Å²) in [4.78, 5) is 22.3. The maximum Gasteiger partial charge on any atom is 0.306 e. The first-order valence-corrected chi connectivity index (χ1v) is 10.5. The summed E-state index contributed by atoms with van der Waals surface area (Å²) >= 11 is 0. The molecule has 0 saturated carbocycles. The van der Waals surface area contributed by atoms with Crippen LogP contribution < -0.4 is 0 Å². The zero-order chi connectivity index (χ0) is 18.8. The Kier molecular flexibility index (Phi) is 17.0. The third kappa shape index (κ3) is 17.6. The van der Waals surface area contributed by atoms with Gasteiger partial charge < -0.3 is 9.84 Å². The summed E-state index contributed by atoms with van der Waals surface area (Å²) in [5, 5.41) is 8.62. The van der Waals surface area contributed by atoms with Crippen molar-refractivity contribution in [1.82, 2.24) is 0 Å². The van der Waals surface area contributed by atoms with Crippen LogP contribution in [0.1, 0.15) is 117 Å². The molecule has 0 aromatic carbocycles. The molecule has 0 aliphatic heterocycles. The van der Waals surface area contributed by atoms with Crippen LogP contribution in [0, 0.1) is 0 Å². The van der Waals surface area contributed by atoms with E-state index in [1.807, 2.05) is 6.92 Å². The van der Waals surface area contributed by atoms with Gasteiger partial charge in [-0.15, -0.1) is 0 Å². The maximum absolute atomic E-state index is 11.8. The Hall–Kier alpha value is -1.06. The predicted molar refractivity (Wildman–Crippen MR) is 103 cm³/mol. The predicted octanol–water partition coefficient (Wildman–Crippen LogP) is 6.26. The Morgan fingerprint density at radius 2 is 1.24 bits per heavy atom. The van der Waals surface area contributed by atoms with Crippen LogP contribution in [0.3, 0.4) is 0 Å². The second-order valence-corrected chi connectivity index (χ2v) is 7.12. The molecule has 0 aromatic rings. The van der Waals surface area contributed by atoms with Gasteiger partial charge in [-0.2, -0.15) is 0 Å². The molecule has 1 atom stereocenters. The van der Waals surface area contributed by atoms with E-state index in [9.17, 15) is 9.59 Å². The van der Waals surface area contributed by atoms with E-state index < -0.39 is 5.97 Å². The van der Waals surface area contributed by atoms with E-state index in [4.69, 9.17) is 9.84 Å². The summed E-state index contributed by atoms with van der Waals surface area (Å²) in [5.41, 5.74) is 0. The van der Waals surface area contributed by atoms with E-state index in [1.54, 1.807) is 0 Å². The first kappa shape index (κ1) is 23.9. The third-order valence-electron chi connectivity index (χ3n) is 4.55. The lowest BCUT2D eigenvalue weighted by Gasteiger charge is -2.18. The van der Waals surface area contributed by atoms with Gasteiger partial charge in [-0.05, 0) is 38.5 Å². The molecule has 0 spiro atoms. The summed E-state index contributed by atoms with van der Waals surface area (Å²) in [6.45, 7) is 4.23. The van der Waals surface area contributed by atoms with Gasteiger partial charge in [-0.3, -0.25) is 9.59 Å². The van der Waals surface area contributed by atoms with Gasteiger partial charge >= 0.3 is 11.9 Å². The number of carbonyl (C=O) groups is 2. The lowest BCUT2D eigenvalue weighted by molar-refractivity contribution is -0.150. The van der Waals surface area contributed by atoms with Gasteiger partial charge in [0.15, 0.2) is 0 Å². The molecule has 0 saturated heterocycles. The smallest absolute Gasteiger partial charge is 0.306 e. The molecule has 4 heteroatoms. The van der Waals surface area contributed by atoms with Crippen LogP contribution >= 0.6 is 0 Å². The van der Waals surface area contributed by atoms with Crippen molar-refractivity contribution in [2.45, 2.75) is 123 Å². The molecule has 1 N–H and O–H groups in total. The zero-order valence-electron chi connectivity index (χ0n) is 16.6. The van der Waals surface area contributed by atoms with Crippen molar-refractivity contribution in [3.05, 3.63) is 0 Å². The van der Waals surface area contributed by atoms with E-state index in [-0.39, 0.29) is 18.5 Å². The summed E-state index contributed by atoms with van der Waals surface area (Å²) in [7, 11) is 0. The molecule has 1 unspecified atom stereocenters. The molecule has 0 rings (SSSR count). The van der Waals surface area contributed by atoms with Gasteiger partial charge in [0.2, 0.25) is 0 Å². The van der Waals surface area contributed by atoms with Crippen molar-refractivity contribution in [3.8, 4) is 0 Å². The number of hydrogen-bond donors (Lipinski definition) is 1. The fourth-order valence-electron chi connectivity index (χ4n) is 3.04. The van der Waals surface area contributed by atoms with Gasteiger partial charge in [0, 0.05) is 12.8 Å². The summed E-state index contributed by atoms with van der Waals surface area (Å²) in [6, 6.07) is 0. The number of rotatable bonds is 18. The van der Waals surface area contributed by atoms with E-state index in [0.29, 0.717) is 6.42 Å². The molecule has 0 heterocycles. The highest BCUT2D eigenvalue weighted by Gasteiger charge is 2.13. The lowest BCUT2D eigenvalue weighted by Crippen LogP contribution is -2.18. The molecule has 4 nitrogen and oxygen atoms in total. The van der Waals surface area contributed by atoms with Crippen LogP contribution in [0.4, 0.5) is 0 Å². The molecule has 0 amide bonds. The molecule has 0 fully saturated rings. The van der Waals surface area contributed by atoms with Gasteiger partial charge in [-0.25, -0.2) is 0 Å². The van der Waals surface area contributed by atoms with E-state index in [0.717, 1.165) is 57.8 Å². The van der Waals surface area contributed by atoms with E-state index >= 15 is 0 Å². The Morgan fingerprint density at radius 1 is 0.720 bits per heavy atom. The number of aliphatic carboxylic acids is 1. The quantitative estimate of drug-likeness (QED) is 0.232. The molecule has 0 radical (unpaired) electrons. The minimum absolute atomic E-state index is 0.0556. The Morgan fingerprint density at radius 3 is 1.76 bits per heavy atom. The number of carbonyl (C=O) groups excluding carboxylic acids is 1. The average molecular weight is 357 g/mol. The van der Waals surface area contributed by atoms with Gasteiger partial charge in [0.05, 0.1) is 0 Å². The lowest BCUT2D eigenvalue weighted by atomic mass is 10.0. The minimum atomic E-state index is -0.707. The monoisotopic (exact) mass is 356 g/mol. The van der Waals surface area contributed by atoms with Crippen LogP contribution in [0.25, 0.3) is 0 Å². The average Bonchev–Trinajstić information content (AvgIpc) is 2.56. The molecule has 25 heavy (non-hydrogen) atoms. The van der Waals surface area contributed by atoms with Crippen molar-refractivity contribution in [3.63, 3.8) is 0 Å². The SMILES string of the molecule is CCCCCCCCC(CCCCCCCC(=O)O)OC(=O)CCC. The minimum Gasteiger partial charge on any atom is -0.481 e. The van der Waals surface area contributed by atoms with E-state index in [2.05, 4.69) is 6.92 Å². The summed E-state index contributed by atoms with van der Waals surface area (Å²) in [6.07, 6.45) is 16.2. The fourth-order valence-corrected chi connectivity index (χ4v) is 3.04. The largest absolute Gasteiger partial charge is 0.481 e. The number of carboxylic acid groups (broad SMARTS) is 1. The van der Waals surface area contributed by atoms with Gasteiger partial charge in [0.25, 0.3) is 0 Å². The Labute approximate surface area is 154 Å². The maximum atomic E-state index is 11.8. The number of esters is 1. The van der Waals surface area contributed by atoms with Crippen LogP contribution in [-0.4, -0.2) is 23.1 Å². The van der Waals surface area contributed by atoms with Gasteiger partial charge in [-0.1, -0.05) is 65.2 Å². The highest BCUT2D eigenvalue weighted by Crippen LogP contribution is 2.17. The second kappa shape index (κ2) is 17.8. The topological polar surface area (TPSA) is 63.6 Å². The first-order chi connectivity index (χ1) is 12.1. The summed E-state index contributed by atoms with van der Waals surface area (Å²) in [5.74, 6) is -0.762. The molecular weight excluding hydrogens is 316 g/mol. The van der Waals surface area contributed by atoms with Crippen molar-refractivity contribution in [1.29, 1.82) is 0 Å². The van der Waals surface area contributed by atoms with Crippen LogP contribution in [-0.2, 0) is 14.3 Å².